The number of nitrogens with zero attached hydrogens (tertiary/aromatic N) is 2. The number of anilines is 1. The van der Waals surface area contributed by atoms with E-state index in [2.05, 4.69) is 14.9 Å². The topological polar surface area (TPSA) is 120 Å². The van der Waals surface area contributed by atoms with Crippen LogP contribution < -0.4 is 15.2 Å². The van der Waals surface area contributed by atoms with Crippen molar-refractivity contribution in [2.45, 2.75) is 18.4 Å². The summed E-state index contributed by atoms with van der Waals surface area (Å²) in [5, 5.41) is 3.54. The third-order valence-corrected chi connectivity index (χ3v) is 3.93. The highest BCUT2D eigenvalue weighted by Crippen LogP contribution is 2.28. The van der Waals surface area contributed by atoms with E-state index in [0.29, 0.717) is 5.89 Å². The molecule has 0 spiro atoms. The van der Waals surface area contributed by atoms with Crippen LogP contribution in [0.5, 0.6) is 5.75 Å². The van der Waals surface area contributed by atoms with Gasteiger partial charge in [-0.05, 0) is 12.1 Å². The van der Waals surface area contributed by atoms with Crippen molar-refractivity contribution in [3.63, 3.8) is 0 Å². The highest BCUT2D eigenvalue weighted by molar-refractivity contribution is 7.89. The molecule has 0 aliphatic heterocycles. The van der Waals surface area contributed by atoms with Gasteiger partial charge in [-0.2, -0.15) is 4.98 Å². The first kappa shape index (κ1) is 15.2. The number of ether oxygens (including phenoxy) is 1. The molecule has 0 unspecified atom stereocenters. The van der Waals surface area contributed by atoms with Crippen molar-refractivity contribution >= 4 is 15.7 Å². The Kier molecular flexibility index (Phi) is 4.09. The lowest BCUT2D eigenvalue weighted by molar-refractivity contribution is 0.386. The number of hydrogen-bond donors (Lipinski definition) is 2. The van der Waals surface area contributed by atoms with Crippen LogP contribution in [0.1, 0.15) is 11.7 Å². The monoisotopic (exact) mass is 316 g/mol. The van der Waals surface area contributed by atoms with Crippen molar-refractivity contribution in [1.29, 1.82) is 0 Å². The molecule has 2 aromatic rings. The Labute approximate surface area is 120 Å². The number of hydrogen-bond acceptors (Lipinski definition) is 7. The van der Waals surface area contributed by atoms with E-state index in [9.17, 15) is 12.8 Å². The molecule has 10 heteroatoms. The summed E-state index contributed by atoms with van der Waals surface area (Å²) >= 11 is 0. The highest BCUT2D eigenvalue weighted by Gasteiger charge is 2.19. The van der Waals surface area contributed by atoms with E-state index in [1.165, 1.54) is 7.11 Å². The van der Waals surface area contributed by atoms with Crippen molar-refractivity contribution in [2.24, 2.45) is 0 Å². The fourth-order valence-corrected chi connectivity index (χ4v) is 2.64. The Morgan fingerprint density at radius 3 is 2.71 bits per heavy atom. The van der Waals surface area contributed by atoms with Gasteiger partial charge in [0.25, 0.3) is 0 Å². The molecule has 1 aromatic carbocycles. The van der Waals surface area contributed by atoms with E-state index >= 15 is 0 Å². The number of halogens is 1. The van der Waals surface area contributed by atoms with Crippen molar-refractivity contribution < 1.29 is 22.1 Å². The van der Waals surface area contributed by atoms with Gasteiger partial charge in [-0.3, -0.25) is 0 Å². The summed E-state index contributed by atoms with van der Waals surface area (Å²) in [5.74, 6) is -0.599. The number of rotatable bonds is 5. The molecule has 0 aliphatic carbocycles. The molecule has 2 rings (SSSR count). The maximum absolute atomic E-state index is 13.7. The lowest BCUT2D eigenvalue weighted by Crippen LogP contribution is -2.24. The number of aryl methyl sites for hydroxylation is 1. The Morgan fingerprint density at radius 2 is 2.19 bits per heavy atom. The van der Waals surface area contributed by atoms with Gasteiger partial charge in [0, 0.05) is 6.92 Å². The number of aromatic nitrogens is 2. The van der Waals surface area contributed by atoms with Crippen LogP contribution in [0.25, 0.3) is 0 Å². The minimum absolute atomic E-state index is 0.117. The van der Waals surface area contributed by atoms with Crippen LogP contribution in [0.2, 0.25) is 0 Å². The molecular weight excluding hydrogens is 303 g/mol. The van der Waals surface area contributed by atoms with Gasteiger partial charge in [0.05, 0.1) is 24.2 Å². The summed E-state index contributed by atoms with van der Waals surface area (Å²) in [6.45, 7) is 1.39. The minimum atomic E-state index is -3.97. The maximum Gasteiger partial charge on any atom is 0.241 e. The van der Waals surface area contributed by atoms with E-state index in [4.69, 9.17) is 15.0 Å². The van der Waals surface area contributed by atoms with Gasteiger partial charge in [0.15, 0.2) is 17.4 Å². The Morgan fingerprint density at radius 1 is 1.48 bits per heavy atom. The third kappa shape index (κ3) is 3.28. The second-order valence-corrected chi connectivity index (χ2v) is 5.85. The fraction of sp³-hybridized carbons (Fsp3) is 0.273. The molecule has 0 atom stereocenters. The number of benzene rings is 1. The molecule has 1 aromatic heterocycles. The first-order chi connectivity index (χ1) is 9.83. The summed E-state index contributed by atoms with van der Waals surface area (Å²) in [4.78, 5) is 3.53. The Balaban J connectivity index is 2.23. The Hall–Kier alpha value is -2.20. The fourth-order valence-electron chi connectivity index (χ4n) is 1.62. The summed E-state index contributed by atoms with van der Waals surface area (Å²) in [6.07, 6.45) is 0. The van der Waals surface area contributed by atoms with E-state index in [0.717, 1.165) is 12.1 Å². The van der Waals surface area contributed by atoms with Crippen molar-refractivity contribution in [2.75, 3.05) is 12.8 Å². The lowest BCUT2D eigenvalue weighted by atomic mass is 10.3. The first-order valence-electron chi connectivity index (χ1n) is 5.75. The maximum atomic E-state index is 13.7. The van der Waals surface area contributed by atoms with Crippen LogP contribution in [0.3, 0.4) is 0 Å². The van der Waals surface area contributed by atoms with Crippen molar-refractivity contribution in [1.82, 2.24) is 14.9 Å². The average molecular weight is 316 g/mol. The number of nitrogens with two attached hydrogens (primary N) is 1. The van der Waals surface area contributed by atoms with Crippen LogP contribution >= 0.6 is 0 Å². The van der Waals surface area contributed by atoms with Gasteiger partial charge in [-0.25, -0.2) is 17.5 Å². The Bertz CT molecular complexity index is 736. The summed E-state index contributed by atoms with van der Waals surface area (Å²) in [7, 11) is -2.73. The molecule has 21 heavy (non-hydrogen) atoms. The van der Waals surface area contributed by atoms with E-state index < -0.39 is 15.8 Å². The molecule has 1 heterocycles. The number of methoxy groups -OCH3 is 1. The first-order valence-corrected chi connectivity index (χ1v) is 7.23. The summed E-state index contributed by atoms with van der Waals surface area (Å²) in [6, 6.07) is 1.92. The average Bonchev–Trinajstić information content (AvgIpc) is 2.82. The zero-order valence-electron chi connectivity index (χ0n) is 11.3. The predicted octanol–water partition coefficient (Wildman–Crippen LogP) is 0.586. The normalized spacial score (nSPS) is 11.6. The van der Waals surface area contributed by atoms with Crippen LogP contribution in [-0.4, -0.2) is 25.7 Å². The number of nitrogens with one attached hydrogen (secondary N) is 1. The zero-order chi connectivity index (χ0) is 15.6. The van der Waals surface area contributed by atoms with Gasteiger partial charge in [-0.15, -0.1) is 0 Å². The number of nitrogen functional groups attached to an aromatic ring is 1. The number of sulfonamides is 1. The van der Waals surface area contributed by atoms with Crippen LogP contribution in [0.15, 0.2) is 21.6 Å². The summed E-state index contributed by atoms with van der Waals surface area (Å²) in [5.41, 5.74) is 5.43. The predicted molar refractivity (Wildman–Crippen MR) is 70.4 cm³/mol. The van der Waals surface area contributed by atoms with E-state index in [-0.39, 0.29) is 28.7 Å². The van der Waals surface area contributed by atoms with E-state index in [1.54, 1.807) is 6.92 Å². The van der Waals surface area contributed by atoms with Gasteiger partial charge in [0.1, 0.15) is 0 Å². The molecule has 0 amide bonds. The van der Waals surface area contributed by atoms with Crippen LogP contribution in [0, 0.1) is 12.7 Å². The van der Waals surface area contributed by atoms with Crippen LogP contribution in [-0.2, 0) is 16.6 Å². The van der Waals surface area contributed by atoms with E-state index in [1.807, 2.05) is 0 Å². The smallest absolute Gasteiger partial charge is 0.241 e. The zero-order valence-corrected chi connectivity index (χ0v) is 12.1. The standard InChI is InChI=1S/C11H13FN4O4S/c1-6-15-10(16-20-6)5-14-21(17,18)7-3-8(12)11(19-2)9(13)4-7/h3-4,14H,5,13H2,1-2H3. The SMILES string of the molecule is COc1c(N)cc(S(=O)(=O)NCc2noc(C)n2)cc1F. The molecular formula is C11H13FN4O4S. The van der Waals surface area contributed by atoms with Gasteiger partial charge >= 0.3 is 0 Å². The van der Waals surface area contributed by atoms with Crippen LogP contribution in [0.4, 0.5) is 10.1 Å². The molecule has 3 N–H and O–H groups in total. The highest BCUT2D eigenvalue weighted by atomic mass is 32.2. The van der Waals surface area contributed by atoms with Crippen molar-refractivity contribution in [3.05, 3.63) is 29.7 Å². The molecule has 0 bridgehead atoms. The second-order valence-electron chi connectivity index (χ2n) is 4.08. The van der Waals surface area contributed by atoms with Gasteiger partial charge in [0.2, 0.25) is 15.9 Å². The summed E-state index contributed by atoms with van der Waals surface area (Å²) < 4.78 is 49.4. The molecule has 114 valence electrons. The minimum Gasteiger partial charge on any atom is -0.492 e. The second kappa shape index (κ2) is 5.66. The largest absolute Gasteiger partial charge is 0.492 e. The molecule has 0 aliphatic rings. The molecule has 0 radical (unpaired) electrons. The quantitative estimate of drug-likeness (QED) is 0.774. The van der Waals surface area contributed by atoms with Gasteiger partial charge in [-0.1, -0.05) is 5.16 Å². The molecule has 0 fully saturated rings. The lowest BCUT2D eigenvalue weighted by Gasteiger charge is -2.09. The van der Waals surface area contributed by atoms with Gasteiger partial charge < -0.3 is 15.0 Å². The molecule has 0 saturated carbocycles. The third-order valence-electron chi connectivity index (χ3n) is 2.55. The van der Waals surface area contributed by atoms with Crippen molar-refractivity contribution in [3.8, 4) is 5.75 Å². The molecule has 0 saturated heterocycles. The molecule has 8 nitrogen and oxygen atoms in total.